The highest BCUT2D eigenvalue weighted by Gasteiger charge is 2.42. The van der Waals surface area contributed by atoms with Gasteiger partial charge < -0.3 is 5.11 Å². The number of nitrogens with zero attached hydrogens (tertiary/aromatic N) is 1. The number of sulfonamides is 1. The molecule has 0 saturated carbocycles. The molecule has 2 atom stereocenters. The number of halogens is 1. The van der Waals surface area contributed by atoms with Crippen LogP contribution in [0.3, 0.4) is 0 Å². The maximum atomic E-state index is 13.1. The van der Waals surface area contributed by atoms with Gasteiger partial charge in [0.15, 0.2) is 0 Å². The predicted molar refractivity (Wildman–Crippen MR) is 65.5 cm³/mol. The Balaban J connectivity index is 2.34. The van der Waals surface area contributed by atoms with Crippen molar-refractivity contribution in [2.24, 2.45) is 5.92 Å². The number of aliphatic carboxylic acids is 1. The SMILES string of the molecule is CC1C(C(=O)O)CCN1S(=O)(=O)c1cccc(F)c1. The Labute approximate surface area is 110 Å². The molecular formula is C12H14FNO4S. The number of carbonyl (C=O) groups is 1. The first kappa shape index (κ1) is 14.0. The van der Waals surface area contributed by atoms with Crippen molar-refractivity contribution in [1.29, 1.82) is 0 Å². The first-order chi connectivity index (χ1) is 8.84. The van der Waals surface area contributed by atoms with Gasteiger partial charge in [0.05, 0.1) is 10.8 Å². The molecule has 0 bridgehead atoms. The quantitative estimate of drug-likeness (QED) is 0.909. The number of hydrogen-bond donors (Lipinski definition) is 1. The number of carboxylic acids is 1. The van der Waals surface area contributed by atoms with Crippen LogP contribution in [0.5, 0.6) is 0 Å². The monoisotopic (exact) mass is 287 g/mol. The maximum Gasteiger partial charge on any atom is 0.308 e. The molecule has 5 nitrogen and oxygen atoms in total. The minimum absolute atomic E-state index is 0.136. The number of hydrogen-bond acceptors (Lipinski definition) is 3. The molecule has 0 aliphatic carbocycles. The molecule has 1 saturated heterocycles. The molecule has 1 aliphatic heterocycles. The molecule has 0 amide bonds. The lowest BCUT2D eigenvalue weighted by atomic mass is 10.0. The lowest BCUT2D eigenvalue weighted by molar-refractivity contribution is -0.142. The van der Waals surface area contributed by atoms with E-state index in [2.05, 4.69) is 0 Å². The van der Waals surface area contributed by atoms with Crippen molar-refractivity contribution in [1.82, 2.24) is 4.31 Å². The minimum Gasteiger partial charge on any atom is -0.481 e. The van der Waals surface area contributed by atoms with Gasteiger partial charge in [0.1, 0.15) is 5.82 Å². The second-order valence-electron chi connectivity index (χ2n) is 4.55. The first-order valence-electron chi connectivity index (χ1n) is 5.84. The molecule has 1 fully saturated rings. The molecule has 1 aromatic rings. The van der Waals surface area contributed by atoms with Crippen molar-refractivity contribution in [3.05, 3.63) is 30.1 Å². The van der Waals surface area contributed by atoms with E-state index in [9.17, 15) is 17.6 Å². The minimum atomic E-state index is -3.85. The van der Waals surface area contributed by atoms with Crippen LogP contribution in [0.4, 0.5) is 4.39 Å². The van der Waals surface area contributed by atoms with E-state index in [0.717, 1.165) is 16.4 Å². The van der Waals surface area contributed by atoms with Gasteiger partial charge in [0.25, 0.3) is 0 Å². The van der Waals surface area contributed by atoms with Gasteiger partial charge in [0, 0.05) is 12.6 Å². The second kappa shape index (κ2) is 4.90. The molecule has 1 N–H and O–H groups in total. The van der Waals surface area contributed by atoms with E-state index in [0.29, 0.717) is 0 Å². The van der Waals surface area contributed by atoms with Crippen molar-refractivity contribution < 1.29 is 22.7 Å². The summed E-state index contributed by atoms with van der Waals surface area (Å²) in [5.41, 5.74) is 0. The molecule has 0 aromatic heterocycles. The number of carboxylic acid groups (broad SMARTS) is 1. The molecule has 1 aromatic carbocycles. The van der Waals surface area contributed by atoms with Gasteiger partial charge in [-0.3, -0.25) is 4.79 Å². The zero-order valence-electron chi connectivity index (χ0n) is 10.3. The third kappa shape index (κ3) is 2.48. The van der Waals surface area contributed by atoms with Crippen LogP contribution in [0.1, 0.15) is 13.3 Å². The van der Waals surface area contributed by atoms with Crippen molar-refractivity contribution in [3.63, 3.8) is 0 Å². The lowest BCUT2D eigenvalue weighted by Crippen LogP contribution is -2.37. The van der Waals surface area contributed by atoms with Gasteiger partial charge in [-0.25, -0.2) is 12.8 Å². The van der Waals surface area contributed by atoms with E-state index < -0.39 is 33.8 Å². The highest BCUT2D eigenvalue weighted by Crippen LogP contribution is 2.30. The normalized spacial score (nSPS) is 24.5. The topological polar surface area (TPSA) is 74.7 Å². The average Bonchev–Trinajstić information content (AvgIpc) is 2.71. The molecule has 19 heavy (non-hydrogen) atoms. The van der Waals surface area contributed by atoms with Gasteiger partial charge in [-0.05, 0) is 31.5 Å². The van der Waals surface area contributed by atoms with Gasteiger partial charge in [-0.15, -0.1) is 0 Å². The van der Waals surface area contributed by atoms with Crippen LogP contribution in [-0.2, 0) is 14.8 Å². The third-order valence-electron chi connectivity index (χ3n) is 3.42. The molecule has 0 radical (unpaired) electrons. The fourth-order valence-corrected chi connectivity index (χ4v) is 4.06. The molecule has 7 heteroatoms. The molecule has 1 heterocycles. The zero-order chi connectivity index (χ0) is 14.2. The van der Waals surface area contributed by atoms with Crippen molar-refractivity contribution in [2.75, 3.05) is 6.54 Å². The van der Waals surface area contributed by atoms with E-state index in [1.54, 1.807) is 6.92 Å². The van der Waals surface area contributed by atoms with Gasteiger partial charge in [-0.1, -0.05) is 6.07 Å². The Hall–Kier alpha value is -1.47. The lowest BCUT2D eigenvalue weighted by Gasteiger charge is -2.22. The second-order valence-corrected chi connectivity index (χ2v) is 6.44. The van der Waals surface area contributed by atoms with Crippen LogP contribution in [0.2, 0.25) is 0 Å². The maximum absolute atomic E-state index is 13.1. The Morgan fingerprint density at radius 1 is 1.47 bits per heavy atom. The summed E-state index contributed by atoms with van der Waals surface area (Å²) in [6, 6.07) is 4.09. The van der Waals surface area contributed by atoms with Crippen molar-refractivity contribution >= 4 is 16.0 Å². The molecule has 2 rings (SSSR count). The largest absolute Gasteiger partial charge is 0.481 e. The molecule has 104 valence electrons. The zero-order valence-corrected chi connectivity index (χ0v) is 11.1. The highest BCUT2D eigenvalue weighted by molar-refractivity contribution is 7.89. The van der Waals surface area contributed by atoms with Gasteiger partial charge in [-0.2, -0.15) is 4.31 Å². The van der Waals surface area contributed by atoms with Gasteiger partial charge >= 0.3 is 5.97 Å². The summed E-state index contributed by atoms with van der Waals surface area (Å²) < 4.78 is 38.9. The summed E-state index contributed by atoms with van der Waals surface area (Å²) in [5, 5.41) is 9.00. The van der Waals surface area contributed by atoms with Crippen LogP contribution in [0, 0.1) is 11.7 Å². The molecule has 0 spiro atoms. The third-order valence-corrected chi connectivity index (χ3v) is 5.40. The van der Waals surface area contributed by atoms with E-state index in [1.165, 1.54) is 12.1 Å². The predicted octanol–water partition coefficient (Wildman–Crippen LogP) is 1.31. The van der Waals surface area contributed by atoms with Crippen molar-refractivity contribution in [3.8, 4) is 0 Å². The Morgan fingerprint density at radius 2 is 2.16 bits per heavy atom. The molecule has 1 aliphatic rings. The van der Waals surface area contributed by atoms with Crippen LogP contribution >= 0.6 is 0 Å². The fraction of sp³-hybridized carbons (Fsp3) is 0.417. The summed E-state index contributed by atoms with van der Waals surface area (Å²) in [6.45, 7) is 1.69. The molecular weight excluding hydrogens is 273 g/mol. The highest BCUT2D eigenvalue weighted by atomic mass is 32.2. The number of rotatable bonds is 3. The Kier molecular flexibility index (Phi) is 3.60. The standard InChI is InChI=1S/C12H14FNO4S/c1-8-11(12(15)16)5-6-14(8)19(17,18)10-4-2-3-9(13)7-10/h2-4,7-8,11H,5-6H2,1H3,(H,15,16). The summed E-state index contributed by atoms with van der Waals surface area (Å²) in [5.74, 6) is -2.37. The van der Waals surface area contributed by atoms with Crippen LogP contribution in [0.15, 0.2) is 29.2 Å². The Bertz CT molecular complexity index is 602. The number of benzene rings is 1. The summed E-state index contributed by atoms with van der Waals surface area (Å²) in [7, 11) is -3.85. The molecule has 2 unspecified atom stereocenters. The fourth-order valence-electron chi connectivity index (χ4n) is 2.34. The van der Waals surface area contributed by atoms with E-state index in [4.69, 9.17) is 5.11 Å². The van der Waals surface area contributed by atoms with Crippen LogP contribution in [0.25, 0.3) is 0 Å². The first-order valence-corrected chi connectivity index (χ1v) is 7.28. The Morgan fingerprint density at radius 3 is 2.68 bits per heavy atom. The van der Waals surface area contributed by atoms with Gasteiger partial charge in [0.2, 0.25) is 10.0 Å². The van der Waals surface area contributed by atoms with Crippen molar-refractivity contribution in [2.45, 2.75) is 24.3 Å². The summed E-state index contributed by atoms with van der Waals surface area (Å²) >= 11 is 0. The van der Waals surface area contributed by atoms with Crippen LogP contribution in [-0.4, -0.2) is 36.4 Å². The summed E-state index contributed by atoms with van der Waals surface area (Å²) in [4.78, 5) is 10.8. The summed E-state index contributed by atoms with van der Waals surface area (Å²) in [6.07, 6.45) is 0.269. The van der Waals surface area contributed by atoms with E-state index in [-0.39, 0.29) is 17.9 Å². The van der Waals surface area contributed by atoms with E-state index >= 15 is 0 Å². The average molecular weight is 287 g/mol. The van der Waals surface area contributed by atoms with E-state index in [1.807, 2.05) is 0 Å². The smallest absolute Gasteiger partial charge is 0.308 e. The van der Waals surface area contributed by atoms with Crippen LogP contribution < -0.4 is 0 Å².